The Labute approximate surface area is 154 Å². The van der Waals surface area contributed by atoms with E-state index in [-0.39, 0.29) is 24.5 Å². The number of ether oxygens (including phenoxy) is 2. The number of hydrogen-bond acceptors (Lipinski definition) is 4. The molecule has 0 aliphatic rings. The predicted molar refractivity (Wildman–Crippen MR) is 101 cm³/mol. The highest BCUT2D eigenvalue weighted by molar-refractivity contribution is 5.97. The molecule has 0 heterocycles. The molecular formula is C21H25NO4. The fourth-order valence-electron chi connectivity index (χ4n) is 2.59. The summed E-state index contributed by atoms with van der Waals surface area (Å²) >= 11 is 0. The molecule has 0 radical (unpaired) electrons. The smallest absolute Gasteiger partial charge is 0.220 e. The van der Waals surface area contributed by atoms with E-state index in [0.29, 0.717) is 18.5 Å². The fourth-order valence-corrected chi connectivity index (χ4v) is 2.59. The molecule has 0 aliphatic carbocycles. The van der Waals surface area contributed by atoms with Gasteiger partial charge >= 0.3 is 0 Å². The second-order valence-corrected chi connectivity index (χ2v) is 6.07. The quantitative estimate of drug-likeness (QED) is 0.701. The maximum absolute atomic E-state index is 12.1. The van der Waals surface area contributed by atoms with E-state index >= 15 is 0 Å². The van der Waals surface area contributed by atoms with Gasteiger partial charge in [-0.3, -0.25) is 9.59 Å². The maximum atomic E-state index is 12.1. The van der Waals surface area contributed by atoms with Crippen molar-refractivity contribution in [3.8, 4) is 11.5 Å². The third kappa shape index (κ3) is 5.62. The van der Waals surface area contributed by atoms with Gasteiger partial charge in [0, 0.05) is 31.0 Å². The topological polar surface area (TPSA) is 64.6 Å². The number of hydrogen-bond donors (Lipinski definition) is 1. The van der Waals surface area contributed by atoms with Crippen LogP contribution < -0.4 is 14.8 Å². The highest BCUT2D eigenvalue weighted by atomic mass is 16.5. The number of methoxy groups -OCH3 is 2. The molecule has 0 aromatic heterocycles. The SMILES string of the molecule is COc1ccc(CCNC(=O)CCC(=O)c2ccc(C)cc2)c(OC)c1. The Morgan fingerprint density at radius 2 is 1.69 bits per heavy atom. The van der Waals surface area contributed by atoms with Crippen molar-refractivity contribution in [3.63, 3.8) is 0 Å². The minimum absolute atomic E-state index is 0.0167. The molecular weight excluding hydrogens is 330 g/mol. The summed E-state index contributed by atoms with van der Waals surface area (Å²) in [6, 6.07) is 13.0. The normalized spacial score (nSPS) is 10.3. The van der Waals surface area contributed by atoms with E-state index in [1.165, 1.54) is 0 Å². The Hall–Kier alpha value is -2.82. The Balaban J connectivity index is 1.77. The molecule has 1 amide bonds. The Morgan fingerprint density at radius 1 is 0.962 bits per heavy atom. The van der Waals surface area contributed by atoms with Crippen LogP contribution in [0.2, 0.25) is 0 Å². The van der Waals surface area contributed by atoms with Gasteiger partial charge in [0.05, 0.1) is 14.2 Å². The minimum Gasteiger partial charge on any atom is -0.497 e. The number of carbonyl (C=O) groups is 2. The summed E-state index contributed by atoms with van der Waals surface area (Å²) in [5, 5.41) is 2.85. The Bertz CT molecular complexity index is 753. The molecule has 0 bridgehead atoms. The van der Waals surface area contributed by atoms with Gasteiger partial charge in [0.25, 0.3) is 0 Å². The number of ketones is 1. The lowest BCUT2D eigenvalue weighted by Crippen LogP contribution is -2.26. The zero-order valence-electron chi connectivity index (χ0n) is 15.5. The monoisotopic (exact) mass is 355 g/mol. The highest BCUT2D eigenvalue weighted by Crippen LogP contribution is 2.24. The number of carbonyl (C=O) groups excluding carboxylic acids is 2. The number of aryl methyl sites for hydroxylation is 1. The van der Waals surface area contributed by atoms with Crippen LogP contribution in [0.5, 0.6) is 11.5 Å². The van der Waals surface area contributed by atoms with Crippen molar-refractivity contribution >= 4 is 11.7 Å². The van der Waals surface area contributed by atoms with E-state index in [1.54, 1.807) is 26.4 Å². The lowest BCUT2D eigenvalue weighted by molar-refractivity contribution is -0.121. The number of amides is 1. The third-order valence-electron chi connectivity index (χ3n) is 4.16. The molecule has 1 N–H and O–H groups in total. The van der Waals surface area contributed by atoms with Crippen molar-refractivity contribution < 1.29 is 19.1 Å². The molecule has 0 saturated carbocycles. The van der Waals surface area contributed by atoms with E-state index in [0.717, 1.165) is 22.6 Å². The molecule has 0 saturated heterocycles. The first-order valence-corrected chi connectivity index (χ1v) is 8.61. The van der Waals surface area contributed by atoms with Crippen LogP contribution in [0.4, 0.5) is 0 Å². The lowest BCUT2D eigenvalue weighted by Gasteiger charge is -2.11. The molecule has 5 nitrogen and oxygen atoms in total. The molecule has 2 aromatic rings. The molecule has 2 aromatic carbocycles. The van der Waals surface area contributed by atoms with E-state index in [9.17, 15) is 9.59 Å². The van der Waals surface area contributed by atoms with Crippen molar-refractivity contribution in [1.82, 2.24) is 5.32 Å². The van der Waals surface area contributed by atoms with Crippen LogP contribution >= 0.6 is 0 Å². The molecule has 0 aliphatic heterocycles. The summed E-state index contributed by atoms with van der Waals surface area (Å²) < 4.78 is 10.5. The molecule has 0 fully saturated rings. The van der Waals surface area contributed by atoms with E-state index in [2.05, 4.69) is 5.32 Å². The van der Waals surface area contributed by atoms with Crippen LogP contribution in [0.3, 0.4) is 0 Å². The van der Waals surface area contributed by atoms with Crippen molar-refractivity contribution in [2.75, 3.05) is 20.8 Å². The average Bonchev–Trinajstić information content (AvgIpc) is 2.66. The zero-order chi connectivity index (χ0) is 18.9. The van der Waals surface area contributed by atoms with E-state index < -0.39 is 0 Å². The Morgan fingerprint density at radius 3 is 2.35 bits per heavy atom. The van der Waals surface area contributed by atoms with Gasteiger partial charge in [-0.25, -0.2) is 0 Å². The van der Waals surface area contributed by atoms with Crippen LogP contribution in [-0.4, -0.2) is 32.5 Å². The summed E-state index contributed by atoms with van der Waals surface area (Å²) in [5.41, 5.74) is 2.74. The first-order valence-electron chi connectivity index (χ1n) is 8.61. The first-order chi connectivity index (χ1) is 12.5. The molecule has 138 valence electrons. The van der Waals surface area contributed by atoms with Gasteiger partial charge in [0.1, 0.15) is 11.5 Å². The zero-order valence-corrected chi connectivity index (χ0v) is 15.5. The molecule has 5 heteroatoms. The van der Waals surface area contributed by atoms with Crippen molar-refractivity contribution in [1.29, 1.82) is 0 Å². The van der Waals surface area contributed by atoms with Crippen LogP contribution in [-0.2, 0) is 11.2 Å². The average molecular weight is 355 g/mol. The van der Waals surface area contributed by atoms with Crippen LogP contribution in [0.25, 0.3) is 0 Å². The molecule has 2 rings (SSSR count). The van der Waals surface area contributed by atoms with Gasteiger partial charge < -0.3 is 14.8 Å². The standard InChI is InChI=1S/C21H25NO4/c1-15-4-6-16(7-5-15)19(23)10-11-21(24)22-13-12-17-8-9-18(25-2)14-20(17)26-3/h4-9,14H,10-13H2,1-3H3,(H,22,24). The van der Waals surface area contributed by atoms with E-state index in [4.69, 9.17) is 9.47 Å². The van der Waals surface area contributed by atoms with Crippen molar-refractivity contribution in [2.24, 2.45) is 0 Å². The highest BCUT2D eigenvalue weighted by Gasteiger charge is 2.10. The second-order valence-electron chi connectivity index (χ2n) is 6.07. The van der Waals surface area contributed by atoms with E-state index in [1.807, 2.05) is 37.3 Å². The number of Topliss-reactive ketones (excluding diaryl/α,β-unsaturated/α-hetero) is 1. The minimum atomic E-state index is -0.127. The summed E-state index contributed by atoms with van der Waals surface area (Å²) in [6.45, 7) is 2.46. The Kier molecular flexibility index (Phi) is 7.21. The number of benzene rings is 2. The van der Waals surface area contributed by atoms with Gasteiger partial charge in [0.15, 0.2) is 5.78 Å². The van der Waals surface area contributed by atoms with Gasteiger partial charge in [0.2, 0.25) is 5.91 Å². The van der Waals surface area contributed by atoms with Crippen LogP contribution in [0.1, 0.15) is 34.3 Å². The van der Waals surface area contributed by atoms with Gasteiger partial charge in [-0.15, -0.1) is 0 Å². The largest absolute Gasteiger partial charge is 0.497 e. The van der Waals surface area contributed by atoms with Crippen molar-refractivity contribution in [2.45, 2.75) is 26.2 Å². The number of nitrogens with one attached hydrogen (secondary N) is 1. The summed E-state index contributed by atoms with van der Waals surface area (Å²) in [5.74, 6) is 1.31. The van der Waals surface area contributed by atoms with Crippen molar-refractivity contribution in [3.05, 3.63) is 59.2 Å². The van der Waals surface area contributed by atoms with Crippen LogP contribution in [0, 0.1) is 6.92 Å². The molecule has 0 atom stereocenters. The summed E-state index contributed by atoms with van der Waals surface area (Å²) in [4.78, 5) is 24.1. The number of rotatable bonds is 9. The lowest BCUT2D eigenvalue weighted by atomic mass is 10.0. The van der Waals surface area contributed by atoms with Gasteiger partial charge in [-0.2, -0.15) is 0 Å². The molecule has 26 heavy (non-hydrogen) atoms. The fraction of sp³-hybridized carbons (Fsp3) is 0.333. The summed E-state index contributed by atoms with van der Waals surface area (Å²) in [7, 11) is 3.21. The van der Waals surface area contributed by atoms with Gasteiger partial charge in [-0.05, 0) is 25.0 Å². The molecule has 0 unspecified atom stereocenters. The van der Waals surface area contributed by atoms with Crippen LogP contribution in [0.15, 0.2) is 42.5 Å². The predicted octanol–water partition coefficient (Wildman–Crippen LogP) is 3.33. The first kappa shape index (κ1) is 19.5. The molecule has 0 spiro atoms. The third-order valence-corrected chi connectivity index (χ3v) is 4.16. The second kappa shape index (κ2) is 9.61. The summed E-state index contributed by atoms with van der Waals surface area (Å²) in [6.07, 6.45) is 1.04. The maximum Gasteiger partial charge on any atom is 0.220 e. The van der Waals surface area contributed by atoms with Gasteiger partial charge in [-0.1, -0.05) is 35.9 Å².